The molecule has 1 heterocycles. The zero-order chi connectivity index (χ0) is 8.55. The van der Waals surface area contributed by atoms with Gasteiger partial charge in [-0.1, -0.05) is 0 Å². The van der Waals surface area contributed by atoms with Crippen LogP contribution in [0, 0.1) is 5.92 Å². The summed E-state index contributed by atoms with van der Waals surface area (Å²) in [5.74, 6) is 0.231. The molecule has 0 aromatic carbocycles. The molecule has 0 unspecified atom stereocenters. The molecule has 1 aromatic rings. The van der Waals surface area contributed by atoms with Gasteiger partial charge in [0.15, 0.2) is 0 Å². The van der Waals surface area contributed by atoms with Gasteiger partial charge in [0.1, 0.15) is 0 Å². The van der Waals surface area contributed by atoms with Gasteiger partial charge in [-0.3, -0.25) is 9.78 Å². The Labute approximate surface area is 70.6 Å². The van der Waals surface area contributed by atoms with Crippen molar-refractivity contribution in [2.75, 3.05) is 0 Å². The quantitative estimate of drug-likeness (QED) is 0.694. The molecule has 2 atom stereocenters. The van der Waals surface area contributed by atoms with E-state index in [0.717, 1.165) is 6.42 Å². The molecule has 2 rings (SSSR count). The summed E-state index contributed by atoms with van der Waals surface area (Å²) in [5, 5.41) is 0. The molecular formula is C9H10N2O. The van der Waals surface area contributed by atoms with Gasteiger partial charge >= 0.3 is 0 Å². The molecular weight excluding hydrogens is 152 g/mol. The number of nitrogens with two attached hydrogens (primary N) is 1. The van der Waals surface area contributed by atoms with Crippen LogP contribution >= 0.6 is 0 Å². The second-order valence-electron chi connectivity index (χ2n) is 3.13. The SMILES string of the molecule is NC(=O)[C@H]1C[C@H]1c1ccncc1. The smallest absolute Gasteiger partial charge is 0.221 e. The number of amides is 1. The van der Waals surface area contributed by atoms with Crippen LogP contribution in [0.2, 0.25) is 0 Å². The van der Waals surface area contributed by atoms with Crippen LogP contribution in [0.15, 0.2) is 24.5 Å². The molecule has 1 aliphatic rings. The maximum absolute atomic E-state index is 10.8. The van der Waals surface area contributed by atoms with Crippen molar-refractivity contribution in [3.05, 3.63) is 30.1 Å². The van der Waals surface area contributed by atoms with Crippen LogP contribution in [0.3, 0.4) is 0 Å². The first-order chi connectivity index (χ1) is 5.79. The van der Waals surface area contributed by atoms with Gasteiger partial charge in [-0.05, 0) is 30.0 Å². The highest BCUT2D eigenvalue weighted by Gasteiger charge is 2.42. The van der Waals surface area contributed by atoms with E-state index in [1.54, 1.807) is 12.4 Å². The fraction of sp³-hybridized carbons (Fsp3) is 0.333. The first-order valence-electron chi connectivity index (χ1n) is 3.98. The number of carbonyl (C=O) groups is 1. The monoisotopic (exact) mass is 162 g/mol. The molecule has 1 aliphatic carbocycles. The van der Waals surface area contributed by atoms with E-state index in [4.69, 9.17) is 5.73 Å². The van der Waals surface area contributed by atoms with Crippen LogP contribution in [0.5, 0.6) is 0 Å². The van der Waals surface area contributed by atoms with Crippen LogP contribution in [-0.2, 0) is 4.79 Å². The minimum absolute atomic E-state index is 0.0624. The fourth-order valence-corrected chi connectivity index (χ4v) is 1.49. The zero-order valence-corrected chi connectivity index (χ0v) is 6.60. The van der Waals surface area contributed by atoms with Gasteiger partial charge in [-0.15, -0.1) is 0 Å². The van der Waals surface area contributed by atoms with Gasteiger partial charge in [0, 0.05) is 18.3 Å². The predicted molar refractivity (Wildman–Crippen MR) is 44.3 cm³/mol. The Bertz CT molecular complexity index is 297. The third-order valence-electron chi connectivity index (χ3n) is 2.29. The number of pyridine rings is 1. The van der Waals surface area contributed by atoms with Crippen molar-refractivity contribution in [1.82, 2.24) is 4.98 Å². The summed E-state index contributed by atoms with van der Waals surface area (Å²) in [6, 6.07) is 3.88. The molecule has 2 N–H and O–H groups in total. The number of aromatic nitrogens is 1. The molecule has 0 bridgehead atoms. The van der Waals surface area contributed by atoms with E-state index >= 15 is 0 Å². The molecule has 0 aliphatic heterocycles. The van der Waals surface area contributed by atoms with Crippen LogP contribution in [0.25, 0.3) is 0 Å². The van der Waals surface area contributed by atoms with Crippen molar-refractivity contribution >= 4 is 5.91 Å². The first-order valence-corrected chi connectivity index (χ1v) is 3.98. The lowest BCUT2D eigenvalue weighted by molar-refractivity contribution is -0.119. The number of hydrogen-bond donors (Lipinski definition) is 1. The molecule has 1 aromatic heterocycles. The molecule has 1 fully saturated rings. The standard InChI is InChI=1S/C9H10N2O/c10-9(12)8-5-7(8)6-1-3-11-4-2-6/h1-4,7-8H,5H2,(H2,10,12)/t7-,8-/m0/s1. The van der Waals surface area contributed by atoms with Crippen LogP contribution < -0.4 is 5.73 Å². The summed E-state index contributed by atoms with van der Waals surface area (Å²) in [6.45, 7) is 0. The third-order valence-corrected chi connectivity index (χ3v) is 2.29. The lowest BCUT2D eigenvalue weighted by Gasteiger charge is -1.95. The highest BCUT2D eigenvalue weighted by Crippen LogP contribution is 2.46. The maximum atomic E-state index is 10.8. The minimum Gasteiger partial charge on any atom is -0.369 e. The van der Waals surface area contributed by atoms with E-state index in [1.165, 1.54) is 5.56 Å². The van der Waals surface area contributed by atoms with Gasteiger partial charge in [0.05, 0.1) is 0 Å². The Kier molecular flexibility index (Phi) is 1.57. The lowest BCUT2D eigenvalue weighted by Crippen LogP contribution is -2.13. The second-order valence-corrected chi connectivity index (χ2v) is 3.13. The Morgan fingerprint density at radius 1 is 1.50 bits per heavy atom. The van der Waals surface area contributed by atoms with Crippen molar-refractivity contribution < 1.29 is 4.79 Å². The van der Waals surface area contributed by atoms with Crippen molar-refractivity contribution in [1.29, 1.82) is 0 Å². The summed E-state index contributed by atoms with van der Waals surface area (Å²) >= 11 is 0. The summed E-state index contributed by atoms with van der Waals surface area (Å²) < 4.78 is 0. The Balaban J connectivity index is 2.11. The van der Waals surface area contributed by atoms with Crippen molar-refractivity contribution in [3.8, 4) is 0 Å². The summed E-state index contributed by atoms with van der Waals surface area (Å²) in [5.41, 5.74) is 6.35. The van der Waals surface area contributed by atoms with E-state index in [-0.39, 0.29) is 11.8 Å². The normalized spacial score (nSPS) is 26.7. The van der Waals surface area contributed by atoms with Crippen molar-refractivity contribution in [3.63, 3.8) is 0 Å². The number of carbonyl (C=O) groups excluding carboxylic acids is 1. The number of hydrogen-bond acceptors (Lipinski definition) is 2. The Morgan fingerprint density at radius 2 is 2.17 bits per heavy atom. The molecule has 0 radical (unpaired) electrons. The van der Waals surface area contributed by atoms with Gasteiger partial charge in [-0.2, -0.15) is 0 Å². The summed E-state index contributed by atoms with van der Waals surface area (Å²) in [7, 11) is 0. The highest BCUT2D eigenvalue weighted by molar-refractivity contribution is 5.81. The largest absolute Gasteiger partial charge is 0.369 e. The average molecular weight is 162 g/mol. The first kappa shape index (κ1) is 7.28. The molecule has 3 nitrogen and oxygen atoms in total. The minimum atomic E-state index is -0.184. The average Bonchev–Trinajstić information content (AvgIpc) is 2.84. The van der Waals surface area contributed by atoms with Crippen molar-refractivity contribution in [2.24, 2.45) is 11.7 Å². The second kappa shape index (κ2) is 2.59. The molecule has 0 saturated heterocycles. The van der Waals surface area contributed by atoms with Gasteiger partial charge < -0.3 is 5.73 Å². The number of primary amides is 1. The lowest BCUT2D eigenvalue weighted by atomic mass is 10.1. The summed E-state index contributed by atoms with van der Waals surface area (Å²) in [4.78, 5) is 14.7. The summed E-state index contributed by atoms with van der Waals surface area (Å²) in [6.07, 6.45) is 4.39. The maximum Gasteiger partial charge on any atom is 0.221 e. The van der Waals surface area contributed by atoms with E-state index in [1.807, 2.05) is 12.1 Å². The van der Waals surface area contributed by atoms with E-state index in [9.17, 15) is 4.79 Å². The molecule has 12 heavy (non-hydrogen) atoms. The Hall–Kier alpha value is -1.38. The van der Waals surface area contributed by atoms with Crippen LogP contribution in [0.4, 0.5) is 0 Å². The molecule has 62 valence electrons. The Morgan fingerprint density at radius 3 is 2.67 bits per heavy atom. The predicted octanol–water partition coefficient (Wildman–Crippen LogP) is 0.670. The molecule has 3 heteroatoms. The van der Waals surface area contributed by atoms with Gasteiger partial charge in [-0.25, -0.2) is 0 Å². The van der Waals surface area contributed by atoms with E-state index in [2.05, 4.69) is 4.98 Å². The number of nitrogens with zero attached hydrogens (tertiary/aromatic N) is 1. The van der Waals surface area contributed by atoms with Gasteiger partial charge in [0.25, 0.3) is 0 Å². The van der Waals surface area contributed by atoms with E-state index < -0.39 is 0 Å². The molecule has 0 spiro atoms. The van der Waals surface area contributed by atoms with Crippen LogP contribution in [-0.4, -0.2) is 10.9 Å². The molecule has 1 amide bonds. The molecule has 1 saturated carbocycles. The van der Waals surface area contributed by atoms with Gasteiger partial charge in [0.2, 0.25) is 5.91 Å². The van der Waals surface area contributed by atoms with E-state index in [0.29, 0.717) is 5.92 Å². The fourth-order valence-electron chi connectivity index (χ4n) is 1.49. The highest BCUT2D eigenvalue weighted by atomic mass is 16.1. The van der Waals surface area contributed by atoms with Crippen molar-refractivity contribution in [2.45, 2.75) is 12.3 Å². The van der Waals surface area contributed by atoms with Crippen LogP contribution in [0.1, 0.15) is 17.9 Å². The third kappa shape index (κ3) is 1.18. The topological polar surface area (TPSA) is 56.0 Å². The zero-order valence-electron chi connectivity index (χ0n) is 6.60. The number of rotatable bonds is 2.